The highest BCUT2D eigenvalue weighted by atomic mass is 32.2. The lowest BCUT2D eigenvalue weighted by molar-refractivity contribution is 0.0519. The summed E-state index contributed by atoms with van der Waals surface area (Å²) in [6.07, 6.45) is 1.71. The molecule has 0 aromatic carbocycles. The third-order valence-corrected chi connectivity index (χ3v) is 5.34. The molecule has 2 N–H and O–H groups in total. The molecule has 0 bridgehead atoms. The van der Waals surface area contributed by atoms with Gasteiger partial charge in [0.1, 0.15) is 10.6 Å². The number of aromatic nitrogens is 1. The fraction of sp³-hybridized carbons (Fsp3) is 0.643. The monoisotopic (exact) mass is 330 g/mol. The predicted molar refractivity (Wildman–Crippen MR) is 80.4 cm³/mol. The van der Waals surface area contributed by atoms with Crippen molar-refractivity contribution in [3.05, 3.63) is 17.0 Å². The first-order valence-corrected chi connectivity index (χ1v) is 8.82. The summed E-state index contributed by atoms with van der Waals surface area (Å²) in [7, 11) is -3.71. The maximum atomic E-state index is 12.5. The molecule has 1 aliphatic rings. The van der Waals surface area contributed by atoms with Crippen LogP contribution in [0.2, 0.25) is 0 Å². The summed E-state index contributed by atoms with van der Waals surface area (Å²) in [5.41, 5.74) is 0.966. The van der Waals surface area contributed by atoms with E-state index in [0.29, 0.717) is 17.9 Å². The molecule has 0 saturated carbocycles. The fourth-order valence-electron chi connectivity index (χ4n) is 2.62. The summed E-state index contributed by atoms with van der Waals surface area (Å²) in [6, 6.07) is 0. The lowest BCUT2D eigenvalue weighted by Crippen LogP contribution is -2.32. The number of aryl methyl sites for hydroxylation is 1. The van der Waals surface area contributed by atoms with Crippen LogP contribution < -0.4 is 4.72 Å². The summed E-state index contributed by atoms with van der Waals surface area (Å²) in [4.78, 5) is 14.7. The van der Waals surface area contributed by atoms with Crippen LogP contribution in [-0.2, 0) is 19.5 Å². The van der Waals surface area contributed by atoms with E-state index in [4.69, 9.17) is 9.47 Å². The van der Waals surface area contributed by atoms with Crippen molar-refractivity contribution in [2.45, 2.75) is 44.6 Å². The molecule has 124 valence electrons. The van der Waals surface area contributed by atoms with Gasteiger partial charge in [0.15, 0.2) is 0 Å². The van der Waals surface area contributed by atoms with Crippen molar-refractivity contribution in [2.24, 2.45) is 0 Å². The van der Waals surface area contributed by atoms with Gasteiger partial charge in [-0.1, -0.05) is 0 Å². The highest BCUT2D eigenvalue weighted by Crippen LogP contribution is 2.24. The van der Waals surface area contributed by atoms with Crippen molar-refractivity contribution in [3.8, 4) is 0 Å². The van der Waals surface area contributed by atoms with Crippen LogP contribution in [0.25, 0.3) is 0 Å². The van der Waals surface area contributed by atoms with Crippen LogP contribution in [0, 0.1) is 13.8 Å². The molecule has 0 spiro atoms. The second-order valence-corrected chi connectivity index (χ2v) is 6.99. The maximum absolute atomic E-state index is 12.5. The maximum Gasteiger partial charge on any atom is 0.355 e. The zero-order chi connectivity index (χ0) is 16.3. The van der Waals surface area contributed by atoms with Gasteiger partial charge in [-0.3, -0.25) is 0 Å². The number of hydrogen-bond acceptors (Lipinski definition) is 5. The highest BCUT2D eigenvalue weighted by Gasteiger charge is 2.28. The van der Waals surface area contributed by atoms with Gasteiger partial charge in [0.05, 0.1) is 12.7 Å². The molecule has 1 aromatic heterocycles. The molecule has 8 heteroatoms. The van der Waals surface area contributed by atoms with Gasteiger partial charge in [0, 0.05) is 24.4 Å². The third kappa shape index (κ3) is 3.50. The molecule has 0 radical (unpaired) electrons. The normalized spacial score (nSPS) is 18.6. The predicted octanol–water partition coefficient (Wildman–Crippen LogP) is 1.27. The molecule has 22 heavy (non-hydrogen) atoms. The Morgan fingerprint density at radius 2 is 2.18 bits per heavy atom. The average Bonchev–Trinajstić information content (AvgIpc) is 3.05. The molecule has 0 amide bonds. The topological polar surface area (TPSA) is 97.5 Å². The number of esters is 1. The van der Waals surface area contributed by atoms with Gasteiger partial charge < -0.3 is 14.5 Å². The van der Waals surface area contributed by atoms with E-state index in [0.717, 1.165) is 12.8 Å². The second-order valence-electron chi connectivity index (χ2n) is 5.29. The summed E-state index contributed by atoms with van der Waals surface area (Å²) < 4.78 is 37.9. The number of sulfonamides is 1. The van der Waals surface area contributed by atoms with Crippen LogP contribution in [0.3, 0.4) is 0 Å². The van der Waals surface area contributed by atoms with E-state index >= 15 is 0 Å². The fourth-order valence-corrected chi connectivity index (χ4v) is 4.13. The van der Waals surface area contributed by atoms with Crippen molar-refractivity contribution < 1.29 is 22.7 Å². The smallest absolute Gasteiger partial charge is 0.355 e. The lowest BCUT2D eigenvalue weighted by Gasteiger charge is -2.12. The Hall–Kier alpha value is -1.38. The Morgan fingerprint density at radius 3 is 2.77 bits per heavy atom. The number of rotatable bonds is 6. The second kappa shape index (κ2) is 6.80. The van der Waals surface area contributed by atoms with Crippen LogP contribution in [0.1, 0.15) is 41.5 Å². The van der Waals surface area contributed by atoms with E-state index in [1.165, 1.54) is 0 Å². The molecule has 0 unspecified atom stereocenters. The highest BCUT2D eigenvalue weighted by molar-refractivity contribution is 7.89. The number of ether oxygens (including phenoxy) is 2. The quantitative estimate of drug-likeness (QED) is 0.766. The zero-order valence-electron chi connectivity index (χ0n) is 13.1. The van der Waals surface area contributed by atoms with Gasteiger partial charge in [-0.15, -0.1) is 0 Å². The molecule has 2 heterocycles. The summed E-state index contributed by atoms with van der Waals surface area (Å²) in [6.45, 7) is 6.05. The minimum atomic E-state index is -3.71. The summed E-state index contributed by atoms with van der Waals surface area (Å²) in [5.74, 6) is -0.552. The van der Waals surface area contributed by atoms with Crippen LogP contribution in [0.15, 0.2) is 4.90 Å². The first-order chi connectivity index (χ1) is 10.4. The van der Waals surface area contributed by atoms with Gasteiger partial charge in [0.25, 0.3) is 0 Å². The zero-order valence-corrected chi connectivity index (χ0v) is 13.9. The number of H-pyrrole nitrogens is 1. The van der Waals surface area contributed by atoms with Crippen molar-refractivity contribution in [1.29, 1.82) is 0 Å². The van der Waals surface area contributed by atoms with Crippen LogP contribution >= 0.6 is 0 Å². The van der Waals surface area contributed by atoms with E-state index in [1.54, 1.807) is 20.8 Å². The minimum absolute atomic E-state index is 0.0844. The van der Waals surface area contributed by atoms with Gasteiger partial charge in [0.2, 0.25) is 10.0 Å². The summed E-state index contributed by atoms with van der Waals surface area (Å²) in [5, 5.41) is 0. The van der Waals surface area contributed by atoms with E-state index in [-0.39, 0.29) is 29.8 Å². The average molecular weight is 330 g/mol. The van der Waals surface area contributed by atoms with E-state index in [9.17, 15) is 13.2 Å². The standard InChI is InChI=1S/C14H22N2O5S/c1-4-20-14(17)12-9(2)13(10(3)16-12)22(18,19)15-8-11-6-5-7-21-11/h11,15-16H,4-8H2,1-3H3/t11-/m1/s1. The molecule has 1 fully saturated rings. The molecule has 1 aromatic rings. The minimum Gasteiger partial charge on any atom is -0.461 e. The third-order valence-electron chi connectivity index (χ3n) is 3.64. The number of aromatic amines is 1. The molecule has 1 atom stereocenters. The molecular weight excluding hydrogens is 308 g/mol. The Bertz CT molecular complexity index is 644. The summed E-state index contributed by atoms with van der Waals surface area (Å²) >= 11 is 0. The Kier molecular flexibility index (Phi) is 5.25. The number of carbonyl (C=O) groups is 1. The molecule has 0 aliphatic carbocycles. The largest absolute Gasteiger partial charge is 0.461 e. The van der Waals surface area contributed by atoms with Gasteiger partial charge in [-0.2, -0.15) is 0 Å². The lowest BCUT2D eigenvalue weighted by atomic mass is 10.2. The van der Waals surface area contributed by atoms with Gasteiger partial charge in [-0.25, -0.2) is 17.9 Å². The molecule has 1 aliphatic heterocycles. The Balaban J connectivity index is 2.21. The van der Waals surface area contributed by atoms with Crippen LogP contribution in [0.5, 0.6) is 0 Å². The van der Waals surface area contributed by atoms with Gasteiger partial charge >= 0.3 is 5.97 Å². The molecule has 2 rings (SSSR count). The van der Waals surface area contributed by atoms with E-state index in [2.05, 4.69) is 9.71 Å². The SMILES string of the molecule is CCOC(=O)c1[nH]c(C)c(S(=O)(=O)NC[C@H]2CCCO2)c1C. The number of hydrogen-bond donors (Lipinski definition) is 2. The van der Waals surface area contributed by atoms with Crippen molar-refractivity contribution in [1.82, 2.24) is 9.71 Å². The van der Waals surface area contributed by atoms with Crippen molar-refractivity contribution in [3.63, 3.8) is 0 Å². The van der Waals surface area contributed by atoms with Gasteiger partial charge in [-0.05, 0) is 33.6 Å². The Morgan fingerprint density at radius 1 is 1.45 bits per heavy atom. The van der Waals surface area contributed by atoms with Crippen molar-refractivity contribution in [2.75, 3.05) is 19.8 Å². The van der Waals surface area contributed by atoms with Crippen LogP contribution in [0.4, 0.5) is 0 Å². The number of nitrogens with one attached hydrogen (secondary N) is 2. The van der Waals surface area contributed by atoms with Crippen molar-refractivity contribution >= 4 is 16.0 Å². The van der Waals surface area contributed by atoms with Crippen LogP contribution in [-0.4, -0.2) is 45.2 Å². The molecular formula is C14H22N2O5S. The first-order valence-electron chi connectivity index (χ1n) is 7.34. The van der Waals surface area contributed by atoms with E-state index < -0.39 is 16.0 Å². The molecule has 7 nitrogen and oxygen atoms in total. The molecule has 1 saturated heterocycles. The first kappa shape index (κ1) is 17.0. The Labute approximate surface area is 130 Å². The number of carbonyl (C=O) groups excluding carboxylic acids is 1. The van der Waals surface area contributed by atoms with E-state index in [1.807, 2.05) is 0 Å².